The molecule has 0 aromatic carbocycles. The molecule has 0 amide bonds. The molecule has 1 heterocycles. The molecule has 0 N–H and O–H groups in total. The molecule has 0 radical (unpaired) electrons. The number of sulfonamides is 1. The van der Waals surface area contributed by atoms with Crippen LogP contribution >= 0.6 is 11.6 Å². The fourth-order valence-corrected chi connectivity index (χ4v) is 4.48. The summed E-state index contributed by atoms with van der Waals surface area (Å²) in [6, 6.07) is 3.20. The maximum Gasteiger partial charge on any atom is 0.244 e. The van der Waals surface area contributed by atoms with Crippen LogP contribution in [0.15, 0.2) is 23.2 Å². The molecule has 1 aromatic rings. The van der Waals surface area contributed by atoms with E-state index in [1.807, 2.05) is 0 Å². The Balaban J connectivity index is 2.26. The molecule has 1 aliphatic rings. The van der Waals surface area contributed by atoms with Crippen LogP contribution in [0.4, 0.5) is 0 Å². The van der Waals surface area contributed by atoms with Crippen molar-refractivity contribution in [2.45, 2.75) is 56.9 Å². The fourth-order valence-electron chi connectivity index (χ4n) is 2.73. The van der Waals surface area contributed by atoms with Gasteiger partial charge in [0.2, 0.25) is 10.0 Å². The topological polar surface area (TPSA) is 50.3 Å². The monoisotopic (exact) mass is 330 g/mol. The Kier molecular flexibility index (Phi) is 5.63. The molecule has 0 aliphatic heterocycles. The van der Waals surface area contributed by atoms with Crippen LogP contribution in [0.5, 0.6) is 0 Å². The third kappa shape index (κ3) is 4.18. The van der Waals surface area contributed by atoms with Crippen LogP contribution in [0.3, 0.4) is 0 Å². The number of rotatable bonds is 6. The van der Waals surface area contributed by atoms with Crippen molar-refractivity contribution in [2.24, 2.45) is 5.92 Å². The van der Waals surface area contributed by atoms with Crippen molar-refractivity contribution in [3.05, 3.63) is 23.5 Å². The van der Waals surface area contributed by atoms with Crippen LogP contribution in [0.2, 0.25) is 5.15 Å². The van der Waals surface area contributed by atoms with Gasteiger partial charge in [-0.3, -0.25) is 0 Å². The van der Waals surface area contributed by atoms with Gasteiger partial charge in [-0.05, 0) is 37.3 Å². The highest BCUT2D eigenvalue weighted by molar-refractivity contribution is 7.89. The van der Waals surface area contributed by atoms with E-state index in [4.69, 9.17) is 11.6 Å². The van der Waals surface area contributed by atoms with Gasteiger partial charge in [-0.25, -0.2) is 13.4 Å². The Labute approximate surface area is 132 Å². The standard InChI is InChI=1S/C15H23ClN2O2S/c1-12(2)9-10-18(13-5-3-4-6-13)21(19,20)14-7-8-15(16)17-11-14/h7-8,11-13H,3-6,9-10H2,1-2H3. The molecule has 1 saturated carbocycles. The summed E-state index contributed by atoms with van der Waals surface area (Å²) in [6.45, 7) is 4.81. The highest BCUT2D eigenvalue weighted by atomic mass is 35.5. The third-order valence-electron chi connectivity index (χ3n) is 3.97. The van der Waals surface area contributed by atoms with Gasteiger partial charge in [0.25, 0.3) is 0 Å². The first-order chi connectivity index (χ1) is 9.91. The van der Waals surface area contributed by atoms with Gasteiger partial charge in [0.15, 0.2) is 0 Å². The maximum atomic E-state index is 12.9. The minimum atomic E-state index is -3.48. The van der Waals surface area contributed by atoms with E-state index in [1.165, 1.54) is 12.3 Å². The number of aromatic nitrogens is 1. The average Bonchev–Trinajstić information content (AvgIpc) is 2.92. The minimum absolute atomic E-state index is 0.129. The average molecular weight is 331 g/mol. The zero-order valence-electron chi connectivity index (χ0n) is 12.6. The SMILES string of the molecule is CC(C)CCN(C1CCCC1)S(=O)(=O)c1ccc(Cl)nc1. The number of hydrogen-bond acceptors (Lipinski definition) is 3. The molecule has 0 unspecified atom stereocenters. The van der Waals surface area contributed by atoms with Crippen LogP contribution in [-0.2, 0) is 10.0 Å². The second-order valence-electron chi connectivity index (χ2n) is 6.05. The number of nitrogens with zero attached hydrogens (tertiary/aromatic N) is 2. The number of halogens is 1. The van der Waals surface area contributed by atoms with Crippen molar-refractivity contribution < 1.29 is 8.42 Å². The van der Waals surface area contributed by atoms with Crippen molar-refractivity contribution in [3.63, 3.8) is 0 Å². The molecule has 4 nitrogen and oxygen atoms in total. The Morgan fingerprint density at radius 2 is 2.00 bits per heavy atom. The number of hydrogen-bond donors (Lipinski definition) is 0. The quantitative estimate of drug-likeness (QED) is 0.747. The Hall–Kier alpha value is -0.650. The molecule has 1 aliphatic carbocycles. The van der Waals surface area contributed by atoms with Gasteiger partial charge in [-0.1, -0.05) is 38.3 Å². The van der Waals surface area contributed by atoms with Gasteiger partial charge in [-0.2, -0.15) is 4.31 Å². The number of pyridine rings is 1. The molecule has 21 heavy (non-hydrogen) atoms. The summed E-state index contributed by atoms with van der Waals surface area (Å²) in [5.74, 6) is 0.479. The molecule has 1 aromatic heterocycles. The van der Waals surface area contributed by atoms with Crippen molar-refractivity contribution in [1.29, 1.82) is 0 Å². The third-order valence-corrected chi connectivity index (χ3v) is 6.12. The Morgan fingerprint density at radius 1 is 1.33 bits per heavy atom. The fraction of sp³-hybridized carbons (Fsp3) is 0.667. The normalized spacial score (nSPS) is 17.0. The zero-order valence-corrected chi connectivity index (χ0v) is 14.2. The van der Waals surface area contributed by atoms with Crippen LogP contribution in [-0.4, -0.2) is 30.3 Å². The second-order valence-corrected chi connectivity index (χ2v) is 8.33. The van der Waals surface area contributed by atoms with Gasteiger partial charge in [0.05, 0.1) is 0 Å². The highest BCUT2D eigenvalue weighted by Gasteiger charge is 2.33. The minimum Gasteiger partial charge on any atom is -0.243 e. The van der Waals surface area contributed by atoms with E-state index in [9.17, 15) is 8.42 Å². The summed E-state index contributed by atoms with van der Waals surface area (Å²) in [6.07, 6.45) is 6.36. The van der Waals surface area contributed by atoms with E-state index in [-0.39, 0.29) is 10.9 Å². The zero-order chi connectivity index (χ0) is 15.5. The summed E-state index contributed by atoms with van der Waals surface area (Å²) in [5.41, 5.74) is 0. The van der Waals surface area contributed by atoms with Gasteiger partial charge in [0.1, 0.15) is 10.0 Å². The van der Waals surface area contributed by atoms with E-state index in [2.05, 4.69) is 18.8 Å². The van der Waals surface area contributed by atoms with Crippen LogP contribution < -0.4 is 0 Å². The molecular formula is C15H23ClN2O2S. The van der Waals surface area contributed by atoms with Gasteiger partial charge >= 0.3 is 0 Å². The molecule has 0 spiro atoms. The summed E-state index contributed by atoms with van der Waals surface area (Å²) in [4.78, 5) is 4.15. The van der Waals surface area contributed by atoms with Gasteiger partial charge in [0, 0.05) is 18.8 Å². The maximum absolute atomic E-state index is 12.9. The van der Waals surface area contributed by atoms with E-state index in [1.54, 1.807) is 10.4 Å². The summed E-state index contributed by atoms with van der Waals surface area (Å²) >= 11 is 5.75. The largest absolute Gasteiger partial charge is 0.244 e. The summed E-state index contributed by atoms with van der Waals surface area (Å²) < 4.78 is 27.5. The molecule has 2 rings (SSSR count). The molecule has 0 saturated heterocycles. The predicted molar refractivity (Wildman–Crippen MR) is 84.8 cm³/mol. The lowest BCUT2D eigenvalue weighted by atomic mass is 10.1. The predicted octanol–water partition coefficient (Wildman–Crippen LogP) is 3.71. The first kappa shape index (κ1) is 16.7. The van der Waals surface area contributed by atoms with Crippen molar-refractivity contribution in [3.8, 4) is 0 Å². The molecule has 0 bridgehead atoms. The molecule has 118 valence electrons. The lowest BCUT2D eigenvalue weighted by Gasteiger charge is -2.28. The smallest absolute Gasteiger partial charge is 0.243 e. The first-order valence-electron chi connectivity index (χ1n) is 7.54. The van der Waals surface area contributed by atoms with Crippen molar-refractivity contribution in [2.75, 3.05) is 6.54 Å². The lowest BCUT2D eigenvalue weighted by Crippen LogP contribution is -2.40. The highest BCUT2D eigenvalue weighted by Crippen LogP contribution is 2.29. The van der Waals surface area contributed by atoms with E-state index in [0.717, 1.165) is 32.1 Å². The Bertz CT molecular complexity index is 552. The summed E-state index contributed by atoms with van der Waals surface area (Å²) in [7, 11) is -3.48. The van der Waals surface area contributed by atoms with E-state index >= 15 is 0 Å². The molecular weight excluding hydrogens is 308 g/mol. The van der Waals surface area contributed by atoms with Crippen LogP contribution in [0.25, 0.3) is 0 Å². The summed E-state index contributed by atoms with van der Waals surface area (Å²) in [5, 5.41) is 0.309. The van der Waals surface area contributed by atoms with Gasteiger partial charge < -0.3 is 0 Å². The van der Waals surface area contributed by atoms with Crippen LogP contribution in [0, 0.1) is 5.92 Å². The second kappa shape index (κ2) is 7.07. The van der Waals surface area contributed by atoms with Crippen molar-refractivity contribution >= 4 is 21.6 Å². The van der Waals surface area contributed by atoms with Crippen LogP contribution in [0.1, 0.15) is 46.0 Å². The Morgan fingerprint density at radius 3 is 2.52 bits per heavy atom. The van der Waals surface area contributed by atoms with Crippen molar-refractivity contribution in [1.82, 2.24) is 9.29 Å². The van der Waals surface area contributed by atoms with E-state index < -0.39 is 10.0 Å². The lowest BCUT2D eigenvalue weighted by molar-refractivity contribution is 0.304. The van der Waals surface area contributed by atoms with E-state index in [0.29, 0.717) is 17.6 Å². The first-order valence-corrected chi connectivity index (χ1v) is 9.36. The van der Waals surface area contributed by atoms with Gasteiger partial charge in [-0.15, -0.1) is 0 Å². The molecule has 1 fully saturated rings. The molecule has 0 atom stereocenters. The molecule has 6 heteroatoms.